The van der Waals surface area contributed by atoms with Gasteiger partial charge in [-0.2, -0.15) is 0 Å². The minimum Gasteiger partial charge on any atom is -0.508 e. The second-order valence-electron chi connectivity index (χ2n) is 8.75. The van der Waals surface area contributed by atoms with Gasteiger partial charge in [0.1, 0.15) is 5.75 Å². The molecule has 1 aliphatic carbocycles. The van der Waals surface area contributed by atoms with Gasteiger partial charge in [-0.3, -0.25) is 4.98 Å². The van der Waals surface area contributed by atoms with E-state index in [0.29, 0.717) is 19.4 Å². The third-order valence-electron chi connectivity index (χ3n) is 6.91. The normalized spacial score (nSPS) is 27.4. The number of phenolic OH excluding ortho intramolecular Hbond substituents is 1. The molecule has 1 saturated heterocycles. The molecule has 0 bridgehead atoms. The number of phenols is 1. The fourth-order valence-electron chi connectivity index (χ4n) is 5.42. The van der Waals surface area contributed by atoms with E-state index in [1.807, 2.05) is 18.2 Å². The average Bonchev–Trinajstić information content (AvgIpc) is 2.65. The van der Waals surface area contributed by atoms with Crippen LogP contribution in [0.1, 0.15) is 28.8 Å². The van der Waals surface area contributed by atoms with Crippen molar-refractivity contribution >= 4 is 10.9 Å². The molecule has 0 radical (unpaired) electrons. The van der Waals surface area contributed by atoms with Crippen molar-refractivity contribution in [3.63, 3.8) is 0 Å². The summed E-state index contributed by atoms with van der Waals surface area (Å²) < 4.78 is 0. The molecule has 144 valence electrons. The zero-order valence-corrected chi connectivity index (χ0v) is 16.4. The molecule has 2 N–H and O–H groups in total. The van der Waals surface area contributed by atoms with Crippen molar-refractivity contribution in [1.29, 1.82) is 0 Å². The molecule has 2 aromatic carbocycles. The Bertz CT molecular complexity index is 1080. The minimum absolute atomic E-state index is 0.251. The van der Waals surface area contributed by atoms with Crippen LogP contribution in [0.5, 0.6) is 5.75 Å². The lowest BCUT2D eigenvalue weighted by Crippen LogP contribution is -2.66. The molecule has 0 spiro atoms. The summed E-state index contributed by atoms with van der Waals surface area (Å²) in [5.74, 6) is 0.251. The van der Waals surface area contributed by atoms with E-state index in [0.717, 1.165) is 40.7 Å². The first kappa shape index (κ1) is 17.7. The number of likely N-dealkylation sites (N-methyl/N-ethyl adjacent to an activating group) is 1. The molecule has 2 atom stereocenters. The lowest BCUT2D eigenvalue weighted by molar-refractivity contribution is -0.0976. The lowest BCUT2D eigenvalue weighted by atomic mass is 9.56. The number of aryl methyl sites for hydroxylation is 1. The Labute approximate surface area is 165 Å². The highest BCUT2D eigenvalue weighted by molar-refractivity contribution is 5.82. The molecule has 0 saturated carbocycles. The van der Waals surface area contributed by atoms with Gasteiger partial charge in [0.05, 0.1) is 11.1 Å². The average molecular weight is 374 g/mol. The van der Waals surface area contributed by atoms with Crippen LogP contribution in [0.2, 0.25) is 0 Å². The number of pyridine rings is 1. The molecule has 1 aromatic heterocycles. The molecule has 1 fully saturated rings. The Morgan fingerprint density at radius 3 is 2.71 bits per heavy atom. The molecule has 1 aliphatic heterocycles. The van der Waals surface area contributed by atoms with Gasteiger partial charge in [0.2, 0.25) is 0 Å². The van der Waals surface area contributed by atoms with Crippen molar-refractivity contribution < 1.29 is 10.2 Å². The Balaban J connectivity index is 1.73. The number of hydrogen-bond donors (Lipinski definition) is 2. The van der Waals surface area contributed by atoms with Crippen LogP contribution in [0.15, 0.2) is 48.5 Å². The van der Waals surface area contributed by atoms with Gasteiger partial charge in [0.15, 0.2) is 0 Å². The number of β-amino-alcohol motifs (C(OH)–C–C–N with tert-alkyl or cyclic N) is 1. The Hall–Kier alpha value is -2.43. The molecule has 0 unspecified atom stereocenters. The van der Waals surface area contributed by atoms with E-state index >= 15 is 0 Å². The van der Waals surface area contributed by atoms with Crippen LogP contribution in [-0.4, -0.2) is 45.8 Å². The number of aliphatic hydroxyl groups is 1. The van der Waals surface area contributed by atoms with Crippen LogP contribution in [0.25, 0.3) is 10.9 Å². The van der Waals surface area contributed by atoms with E-state index in [1.54, 1.807) is 6.07 Å². The maximum atomic E-state index is 12.0. The highest BCUT2D eigenvalue weighted by Gasteiger charge is 2.57. The van der Waals surface area contributed by atoms with Crippen LogP contribution >= 0.6 is 0 Å². The van der Waals surface area contributed by atoms with Gasteiger partial charge < -0.3 is 15.1 Å². The van der Waals surface area contributed by atoms with E-state index in [4.69, 9.17) is 4.98 Å². The van der Waals surface area contributed by atoms with Gasteiger partial charge >= 0.3 is 0 Å². The largest absolute Gasteiger partial charge is 0.508 e. The summed E-state index contributed by atoms with van der Waals surface area (Å²) in [4.78, 5) is 7.28. The number of aromatic nitrogens is 1. The zero-order valence-electron chi connectivity index (χ0n) is 16.4. The highest BCUT2D eigenvalue weighted by Crippen LogP contribution is 2.50. The molecular weight excluding hydrogens is 348 g/mol. The third-order valence-corrected chi connectivity index (χ3v) is 6.91. The predicted octanol–water partition coefficient (Wildman–Crippen LogP) is 3.35. The molecule has 28 heavy (non-hydrogen) atoms. The van der Waals surface area contributed by atoms with Gasteiger partial charge in [0.25, 0.3) is 0 Å². The van der Waals surface area contributed by atoms with Crippen LogP contribution in [0, 0.1) is 6.92 Å². The number of hydrogen-bond acceptors (Lipinski definition) is 4. The fraction of sp³-hybridized carbons (Fsp3) is 0.375. The van der Waals surface area contributed by atoms with Crippen LogP contribution in [0.4, 0.5) is 0 Å². The molecule has 5 rings (SSSR count). The first-order valence-electron chi connectivity index (χ1n) is 9.99. The zero-order chi connectivity index (χ0) is 19.5. The molecule has 2 heterocycles. The first-order valence-corrected chi connectivity index (χ1v) is 9.99. The van der Waals surface area contributed by atoms with Crippen LogP contribution in [-0.2, 0) is 18.3 Å². The van der Waals surface area contributed by atoms with Gasteiger partial charge in [-0.05, 0) is 61.8 Å². The van der Waals surface area contributed by atoms with Crippen molar-refractivity contribution in [2.45, 2.75) is 37.2 Å². The van der Waals surface area contributed by atoms with Crippen molar-refractivity contribution in [1.82, 2.24) is 9.88 Å². The number of nitrogens with zero attached hydrogens (tertiary/aromatic N) is 2. The predicted molar refractivity (Wildman–Crippen MR) is 111 cm³/mol. The van der Waals surface area contributed by atoms with Crippen LogP contribution < -0.4 is 0 Å². The SMILES string of the molecule is Cc1cccc2cc3c(nc12)C[C@]1(c2cccc(O)c2)CCN(C)C[C@@]1(O)C3. The molecule has 2 aliphatic rings. The van der Waals surface area contributed by atoms with Crippen molar-refractivity contribution in [2.24, 2.45) is 0 Å². The van der Waals surface area contributed by atoms with E-state index < -0.39 is 11.0 Å². The Morgan fingerprint density at radius 2 is 1.89 bits per heavy atom. The standard InChI is InChI=1S/C24H26N2O2/c1-16-5-3-6-17-11-18-13-24(28)15-26(2)10-9-23(24,14-21(18)25-22(16)17)19-7-4-8-20(27)12-19/h3-8,11-12,27-28H,9-10,13-15H2,1-2H3/t23-,24-/m0/s1. The van der Waals surface area contributed by atoms with Crippen molar-refractivity contribution in [3.8, 4) is 5.75 Å². The van der Waals surface area contributed by atoms with Crippen molar-refractivity contribution in [3.05, 3.63) is 70.9 Å². The number of benzene rings is 2. The molecule has 4 nitrogen and oxygen atoms in total. The number of likely N-dealkylation sites (tertiary alicyclic amines) is 1. The van der Waals surface area contributed by atoms with E-state index in [9.17, 15) is 10.2 Å². The lowest BCUT2D eigenvalue weighted by Gasteiger charge is -2.56. The van der Waals surface area contributed by atoms with E-state index in [2.05, 4.69) is 43.1 Å². The number of aromatic hydroxyl groups is 1. The topological polar surface area (TPSA) is 56.6 Å². The smallest absolute Gasteiger partial charge is 0.115 e. The Kier molecular flexibility index (Phi) is 3.80. The maximum absolute atomic E-state index is 12.0. The summed E-state index contributed by atoms with van der Waals surface area (Å²) in [6.45, 7) is 3.63. The van der Waals surface area contributed by atoms with Crippen molar-refractivity contribution in [2.75, 3.05) is 20.1 Å². The van der Waals surface area contributed by atoms with Gasteiger partial charge in [-0.1, -0.05) is 30.3 Å². The second kappa shape index (κ2) is 6.03. The Morgan fingerprint density at radius 1 is 1.07 bits per heavy atom. The van der Waals surface area contributed by atoms with Crippen LogP contribution in [0.3, 0.4) is 0 Å². The minimum atomic E-state index is -0.889. The fourth-order valence-corrected chi connectivity index (χ4v) is 5.42. The number of para-hydroxylation sites is 1. The first-order chi connectivity index (χ1) is 13.4. The second-order valence-corrected chi connectivity index (χ2v) is 8.75. The summed E-state index contributed by atoms with van der Waals surface area (Å²) in [6, 6.07) is 15.9. The highest BCUT2D eigenvalue weighted by atomic mass is 16.3. The monoisotopic (exact) mass is 374 g/mol. The summed E-state index contributed by atoms with van der Waals surface area (Å²) in [5, 5.41) is 23.2. The van der Waals surface area contributed by atoms with Gasteiger partial charge in [-0.25, -0.2) is 0 Å². The van der Waals surface area contributed by atoms with E-state index in [1.165, 1.54) is 5.56 Å². The third kappa shape index (κ3) is 2.48. The quantitative estimate of drug-likeness (QED) is 0.686. The summed E-state index contributed by atoms with van der Waals surface area (Å²) in [6.07, 6.45) is 2.12. The summed E-state index contributed by atoms with van der Waals surface area (Å²) >= 11 is 0. The van der Waals surface area contributed by atoms with Gasteiger partial charge in [-0.15, -0.1) is 0 Å². The van der Waals surface area contributed by atoms with E-state index in [-0.39, 0.29) is 5.75 Å². The molecule has 3 aromatic rings. The summed E-state index contributed by atoms with van der Waals surface area (Å²) in [5.41, 5.74) is 4.14. The molecule has 0 amide bonds. The summed E-state index contributed by atoms with van der Waals surface area (Å²) in [7, 11) is 2.07. The van der Waals surface area contributed by atoms with Gasteiger partial charge in [0, 0.05) is 35.9 Å². The number of fused-ring (bicyclic) bond motifs is 3. The number of rotatable bonds is 1. The number of piperidine rings is 1. The molecule has 4 heteroatoms. The maximum Gasteiger partial charge on any atom is 0.115 e. The molecular formula is C24H26N2O2.